The molecule has 3 rings (SSSR count). The standard InChI is InChI=1S/C19H26N4/c1-4-12-22(13-5-2)19-20-11-10-18(21-19)23-15(3)14-16-8-6-7-9-17(16)23/h6-11,15H,4-5,12-14H2,1-3H3. The lowest BCUT2D eigenvalue weighted by molar-refractivity contribution is 0.712. The molecule has 0 N–H and O–H groups in total. The fourth-order valence-electron chi connectivity index (χ4n) is 3.39. The van der Waals surface area contributed by atoms with Crippen molar-refractivity contribution in [3.8, 4) is 0 Å². The van der Waals surface area contributed by atoms with E-state index < -0.39 is 0 Å². The Hall–Kier alpha value is -2.10. The Bertz CT molecular complexity index is 649. The molecule has 2 heterocycles. The molecule has 0 bridgehead atoms. The van der Waals surface area contributed by atoms with Crippen LogP contribution in [0.4, 0.5) is 17.5 Å². The second kappa shape index (κ2) is 6.99. The van der Waals surface area contributed by atoms with Crippen LogP contribution in [-0.4, -0.2) is 29.1 Å². The van der Waals surface area contributed by atoms with E-state index in [0.717, 1.165) is 44.1 Å². The summed E-state index contributed by atoms with van der Waals surface area (Å²) in [5.41, 5.74) is 2.68. The van der Waals surface area contributed by atoms with Crippen LogP contribution in [0, 0.1) is 0 Å². The van der Waals surface area contributed by atoms with E-state index in [0.29, 0.717) is 6.04 Å². The molecule has 0 saturated carbocycles. The highest BCUT2D eigenvalue weighted by molar-refractivity contribution is 5.69. The molecule has 0 aliphatic carbocycles. The van der Waals surface area contributed by atoms with Gasteiger partial charge in [-0.05, 0) is 43.9 Å². The predicted molar refractivity (Wildman–Crippen MR) is 96.6 cm³/mol. The highest BCUT2D eigenvalue weighted by Gasteiger charge is 2.28. The zero-order valence-electron chi connectivity index (χ0n) is 14.4. The average molecular weight is 310 g/mol. The number of aromatic nitrogens is 2. The fraction of sp³-hybridized carbons (Fsp3) is 0.474. The second-order valence-corrected chi connectivity index (χ2v) is 6.25. The van der Waals surface area contributed by atoms with E-state index in [1.54, 1.807) is 0 Å². The predicted octanol–water partition coefficient (Wildman–Crippen LogP) is 4.19. The van der Waals surface area contributed by atoms with Gasteiger partial charge in [-0.2, -0.15) is 4.98 Å². The topological polar surface area (TPSA) is 32.3 Å². The Morgan fingerprint density at radius 2 is 1.87 bits per heavy atom. The maximum Gasteiger partial charge on any atom is 0.227 e. The van der Waals surface area contributed by atoms with Gasteiger partial charge in [-0.25, -0.2) is 4.98 Å². The average Bonchev–Trinajstić information content (AvgIpc) is 2.90. The van der Waals surface area contributed by atoms with Crippen molar-refractivity contribution in [1.29, 1.82) is 0 Å². The van der Waals surface area contributed by atoms with Crippen LogP contribution < -0.4 is 9.80 Å². The molecule has 1 atom stereocenters. The van der Waals surface area contributed by atoms with Gasteiger partial charge in [0.2, 0.25) is 5.95 Å². The van der Waals surface area contributed by atoms with Crippen LogP contribution in [0.25, 0.3) is 0 Å². The molecular weight excluding hydrogens is 284 g/mol. The van der Waals surface area contributed by atoms with Crippen LogP contribution in [0.2, 0.25) is 0 Å². The number of hydrogen-bond acceptors (Lipinski definition) is 4. The SMILES string of the molecule is CCCN(CCC)c1nccc(N2c3ccccc3CC2C)n1. The summed E-state index contributed by atoms with van der Waals surface area (Å²) in [6, 6.07) is 11.1. The van der Waals surface area contributed by atoms with Gasteiger partial charge in [0.15, 0.2) is 0 Å². The van der Waals surface area contributed by atoms with Gasteiger partial charge in [0, 0.05) is 31.0 Å². The fourth-order valence-corrected chi connectivity index (χ4v) is 3.39. The zero-order valence-corrected chi connectivity index (χ0v) is 14.4. The van der Waals surface area contributed by atoms with E-state index in [1.165, 1.54) is 11.3 Å². The molecule has 23 heavy (non-hydrogen) atoms. The molecule has 122 valence electrons. The molecule has 0 spiro atoms. The first kappa shape index (κ1) is 15.8. The quantitative estimate of drug-likeness (QED) is 0.801. The Kier molecular flexibility index (Phi) is 4.79. The van der Waals surface area contributed by atoms with Crippen molar-refractivity contribution < 1.29 is 0 Å². The largest absolute Gasteiger partial charge is 0.341 e. The molecule has 1 aromatic heterocycles. The van der Waals surface area contributed by atoms with E-state index in [2.05, 4.69) is 59.8 Å². The summed E-state index contributed by atoms with van der Waals surface area (Å²) in [5.74, 6) is 1.85. The number of hydrogen-bond donors (Lipinski definition) is 0. The van der Waals surface area contributed by atoms with Crippen molar-refractivity contribution in [3.63, 3.8) is 0 Å². The summed E-state index contributed by atoms with van der Waals surface area (Å²) in [5, 5.41) is 0. The van der Waals surface area contributed by atoms with Crippen LogP contribution in [0.5, 0.6) is 0 Å². The number of rotatable bonds is 6. The van der Waals surface area contributed by atoms with Crippen molar-refractivity contribution in [2.75, 3.05) is 22.9 Å². The Balaban J connectivity index is 1.93. The lowest BCUT2D eigenvalue weighted by atomic mass is 10.1. The van der Waals surface area contributed by atoms with Gasteiger partial charge < -0.3 is 9.80 Å². The van der Waals surface area contributed by atoms with E-state index in [4.69, 9.17) is 4.98 Å². The van der Waals surface area contributed by atoms with Gasteiger partial charge >= 0.3 is 0 Å². The molecule has 0 radical (unpaired) electrons. The minimum Gasteiger partial charge on any atom is -0.341 e. The minimum atomic E-state index is 0.431. The first-order chi connectivity index (χ1) is 11.2. The monoisotopic (exact) mass is 310 g/mol. The third-order valence-electron chi connectivity index (χ3n) is 4.35. The minimum absolute atomic E-state index is 0.431. The van der Waals surface area contributed by atoms with Crippen molar-refractivity contribution in [2.45, 2.75) is 46.1 Å². The van der Waals surface area contributed by atoms with Gasteiger partial charge in [0.1, 0.15) is 5.82 Å². The highest BCUT2D eigenvalue weighted by Crippen LogP contribution is 2.37. The van der Waals surface area contributed by atoms with Crippen molar-refractivity contribution >= 4 is 17.5 Å². The molecule has 0 saturated heterocycles. The van der Waals surface area contributed by atoms with E-state index in [-0.39, 0.29) is 0 Å². The number of benzene rings is 1. The second-order valence-electron chi connectivity index (χ2n) is 6.25. The molecule has 0 amide bonds. The van der Waals surface area contributed by atoms with Gasteiger partial charge in [-0.1, -0.05) is 32.0 Å². The van der Waals surface area contributed by atoms with E-state index in [9.17, 15) is 0 Å². The highest BCUT2D eigenvalue weighted by atomic mass is 15.3. The zero-order chi connectivity index (χ0) is 16.2. The van der Waals surface area contributed by atoms with Crippen LogP contribution in [0.15, 0.2) is 36.5 Å². The first-order valence-corrected chi connectivity index (χ1v) is 8.69. The lowest BCUT2D eigenvalue weighted by Crippen LogP contribution is -2.29. The van der Waals surface area contributed by atoms with Gasteiger partial charge in [-0.15, -0.1) is 0 Å². The summed E-state index contributed by atoms with van der Waals surface area (Å²) in [4.78, 5) is 14.0. The maximum atomic E-state index is 4.88. The van der Waals surface area contributed by atoms with Gasteiger partial charge in [-0.3, -0.25) is 0 Å². The Labute approximate surface area is 139 Å². The molecule has 1 unspecified atom stereocenters. The molecular formula is C19H26N4. The molecule has 4 nitrogen and oxygen atoms in total. The number of fused-ring (bicyclic) bond motifs is 1. The summed E-state index contributed by atoms with van der Waals surface area (Å²) < 4.78 is 0. The van der Waals surface area contributed by atoms with Gasteiger partial charge in [0.25, 0.3) is 0 Å². The summed E-state index contributed by atoms with van der Waals surface area (Å²) in [7, 11) is 0. The van der Waals surface area contributed by atoms with E-state index >= 15 is 0 Å². The van der Waals surface area contributed by atoms with Gasteiger partial charge in [0.05, 0.1) is 0 Å². The number of nitrogens with zero attached hydrogens (tertiary/aromatic N) is 4. The van der Waals surface area contributed by atoms with Crippen LogP contribution in [0.1, 0.15) is 39.2 Å². The van der Waals surface area contributed by atoms with E-state index in [1.807, 2.05) is 12.3 Å². The normalized spacial score (nSPS) is 16.5. The molecule has 2 aromatic rings. The summed E-state index contributed by atoms with van der Waals surface area (Å²) in [6.07, 6.45) is 5.18. The first-order valence-electron chi connectivity index (χ1n) is 8.69. The van der Waals surface area contributed by atoms with Crippen LogP contribution in [0.3, 0.4) is 0 Å². The molecule has 4 heteroatoms. The number of para-hydroxylation sites is 1. The summed E-state index contributed by atoms with van der Waals surface area (Å²) in [6.45, 7) is 8.67. The van der Waals surface area contributed by atoms with Crippen molar-refractivity contribution in [3.05, 3.63) is 42.1 Å². The number of anilines is 3. The molecule has 1 aromatic carbocycles. The molecule has 0 fully saturated rings. The summed E-state index contributed by atoms with van der Waals surface area (Å²) >= 11 is 0. The van der Waals surface area contributed by atoms with Crippen LogP contribution >= 0.6 is 0 Å². The lowest BCUT2D eigenvalue weighted by Gasteiger charge is -2.26. The molecule has 1 aliphatic rings. The Morgan fingerprint density at radius 3 is 2.61 bits per heavy atom. The Morgan fingerprint density at radius 1 is 1.13 bits per heavy atom. The maximum absolute atomic E-state index is 4.88. The molecule has 1 aliphatic heterocycles. The van der Waals surface area contributed by atoms with Crippen LogP contribution in [-0.2, 0) is 6.42 Å². The van der Waals surface area contributed by atoms with Crippen molar-refractivity contribution in [1.82, 2.24) is 9.97 Å². The third-order valence-corrected chi connectivity index (χ3v) is 4.35. The smallest absolute Gasteiger partial charge is 0.227 e. The third kappa shape index (κ3) is 3.16. The van der Waals surface area contributed by atoms with Crippen molar-refractivity contribution in [2.24, 2.45) is 0 Å².